The number of anilines is 1. The third-order valence-electron chi connectivity index (χ3n) is 5.56. The van der Waals surface area contributed by atoms with Crippen LogP contribution >= 0.6 is 11.3 Å². The van der Waals surface area contributed by atoms with E-state index in [2.05, 4.69) is 27.4 Å². The van der Waals surface area contributed by atoms with Crippen LogP contribution in [0.2, 0.25) is 0 Å². The van der Waals surface area contributed by atoms with Gasteiger partial charge in [-0.1, -0.05) is 24.3 Å². The maximum atomic E-state index is 14.0. The number of aromatic hydroxyl groups is 1. The molecule has 0 fully saturated rings. The topological polar surface area (TPSA) is 84.1 Å². The predicted molar refractivity (Wildman–Crippen MR) is 128 cm³/mol. The molecule has 5 rings (SSSR count). The number of halogens is 1. The van der Waals surface area contributed by atoms with Crippen LogP contribution in [0.25, 0.3) is 32.7 Å². The van der Waals surface area contributed by atoms with Gasteiger partial charge in [-0.2, -0.15) is 0 Å². The lowest BCUT2D eigenvalue weighted by molar-refractivity contribution is 0.365. The van der Waals surface area contributed by atoms with Gasteiger partial charge in [0.25, 0.3) is 5.88 Å². The second kappa shape index (κ2) is 8.63. The molecule has 3 heterocycles. The van der Waals surface area contributed by atoms with Crippen LogP contribution in [0, 0.1) is 19.7 Å². The van der Waals surface area contributed by atoms with Gasteiger partial charge in [0.2, 0.25) is 0 Å². The van der Waals surface area contributed by atoms with E-state index in [1.807, 2.05) is 37.3 Å². The zero-order chi connectivity index (χ0) is 22.9. The molecule has 166 valence electrons. The van der Waals surface area contributed by atoms with Gasteiger partial charge in [-0.05, 0) is 54.1 Å². The van der Waals surface area contributed by atoms with Crippen LogP contribution in [0.15, 0.2) is 59.4 Å². The van der Waals surface area contributed by atoms with E-state index in [0.29, 0.717) is 12.3 Å². The molecule has 0 atom stereocenters. The molecule has 0 bridgehead atoms. The van der Waals surface area contributed by atoms with Crippen LogP contribution in [0.1, 0.15) is 16.0 Å². The van der Waals surface area contributed by atoms with E-state index in [-0.39, 0.29) is 11.7 Å². The number of hydrogen-bond acceptors (Lipinski definition) is 7. The first kappa shape index (κ1) is 21.1. The summed E-state index contributed by atoms with van der Waals surface area (Å²) >= 11 is 1.72. The quantitative estimate of drug-likeness (QED) is 0.317. The minimum atomic E-state index is -0.196. The predicted octanol–water partition coefficient (Wildman–Crippen LogP) is 6.13. The van der Waals surface area contributed by atoms with E-state index < -0.39 is 0 Å². The molecule has 0 aliphatic heterocycles. The molecule has 0 aliphatic rings. The highest BCUT2D eigenvalue weighted by atomic mass is 32.1. The van der Waals surface area contributed by atoms with E-state index >= 15 is 0 Å². The monoisotopic (exact) mass is 460 g/mol. The lowest BCUT2D eigenvalue weighted by atomic mass is 10.1. The summed E-state index contributed by atoms with van der Waals surface area (Å²) in [6.45, 7) is 4.71. The highest BCUT2D eigenvalue weighted by Gasteiger charge is 2.13. The Kier molecular flexibility index (Phi) is 5.51. The number of aryl methyl sites for hydroxylation is 2. The van der Waals surface area contributed by atoms with Crippen molar-refractivity contribution < 1.29 is 14.0 Å². The number of rotatable bonds is 6. The van der Waals surface area contributed by atoms with E-state index in [0.717, 1.165) is 44.7 Å². The van der Waals surface area contributed by atoms with Crippen molar-refractivity contribution in [3.8, 4) is 28.5 Å². The minimum absolute atomic E-state index is 0.147. The molecule has 0 saturated heterocycles. The molecular formula is C25H21FN4O2S. The van der Waals surface area contributed by atoms with Gasteiger partial charge < -0.3 is 14.9 Å². The Balaban J connectivity index is 1.30. The summed E-state index contributed by atoms with van der Waals surface area (Å²) in [5, 5.41) is 17.2. The number of fused-ring (bicyclic) bond motifs is 1. The lowest BCUT2D eigenvalue weighted by Gasteiger charge is -2.08. The summed E-state index contributed by atoms with van der Waals surface area (Å²) in [5.41, 5.74) is 4.68. The maximum absolute atomic E-state index is 14.0. The molecule has 0 spiro atoms. The third-order valence-corrected chi connectivity index (χ3v) is 6.85. The summed E-state index contributed by atoms with van der Waals surface area (Å²) in [4.78, 5) is 9.93. The van der Waals surface area contributed by atoms with Crippen LogP contribution in [-0.4, -0.2) is 26.8 Å². The van der Waals surface area contributed by atoms with Crippen LogP contribution < -0.4 is 5.32 Å². The molecule has 6 nitrogen and oxygen atoms in total. The standard InChI is InChI=1S/C25H21FN4O2S/c1-14-9-18(26)10-20-19(15(2)33-25(14)20)7-8-27-23-11-21(28-13-29-23)16-3-5-17(6-4-16)22-12-24(31)30-32-22/h3-6,9-13H,7-8H2,1-2H3,(H,30,31)(H,27,28,29). The highest BCUT2D eigenvalue weighted by Crippen LogP contribution is 2.34. The van der Waals surface area contributed by atoms with E-state index in [1.165, 1.54) is 22.8 Å². The van der Waals surface area contributed by atoms with Crippen molar-refractivity contribution in [2.75, 3.05) is 11.9 Å². The zero-order valence-electron chi connectivity index (χ0n) is 18.1. The van der Waals surface area contributed by atoms with Gasteiger partial charge in [0.05, 0.1) is 5.69 Å². The van der Waals surface area contributed by atoms with Gasteiger partial charge in [-0.3, -0.25) is 0 Å². The largest absolute Gasteiger partial charge is 0.491 e. The van der Waals surface area contributed by atoms with Crippen molar-refractivity contribution in [3.05, 3.63) is 76.7 Å². The Morgan fingerprint density at radius 1 is 1.03 bits per heavy atom. The molecule has 8 heteroatoms. The number of nitrogens with zero attached hydrogens (tertiary/aromatic N) is 3. The highest BCUT2D eigenvalue weighted by molar-refractivity contribution is 7.19. The fraction of sp³-hybridized carbons (Fsp3) is 0.160. The van der Waals surface area contributed by atoms with Crippen molar-refractivity contribution in [2.24, 2.45) is 0 Å². The molecule has 0 saturated carbocycles. The first-order chi connectivity index (χ1) is 16.0. The maximum Gasteiger partial charge on any atom is 0.252 e. The van der Waals surface area contributed by atoms with Crippen molar-refractivity contribution in [1.29, 1.82) is 0 Å². The zero-order valence-corrected chi connectivity index (χ0v) is 18.9. The Bertz CT molecular complexity index is 1440. The molecule has 5 aromatic rings. The van der Waals surface area contributed by atoms with E-state index in [9.17, 15) is 9.50 Å². The number of hydrogen-bond donors (Lipinski definition) is 2. The normalized spacial score (nSPS) is 11.2. The van der Waals surface area contributed by atoms with Gasteiger partial charge in [-0.15, -0.1) is 11.3 Å². The Morgan fingerprint density at radius 3 is 2.58 bits per heavy atom. The average molecular weight is 461 g/mol. The molecule has 33 heavy (non-hydrogen) atoms. The number of benzene rings is 2. The summed E-state index contributed by atoms with van der Waals surface area (Å²) in [6, 6.07) is 14.2. The molecule has 2 N–H and O–H groups in total. The van der Waals surface area contributed by atoms with Crippen LogP contribution in [-0.2, 0) is 6.42 Å². The van der Waals surface area contributed by atoms with E-state index in [1.54, 1.807) is 23.5 Å². The fourth-order valence-electron chi connectivity index (χ4n) is 3.94. The van der Waals surface area contributed by atoms with Crippen molar-refractivity contribution in [2.45, 2.75) is 20.3 Å². The summed E-state index contributed by atoms with van der Waals surface area (Å²) in [5.74, 6) is 0.879. The first-order valence-corrected chi connectivity index (χ1v) is 11.3. The van der Waals surface area contributed by atoms with Gasteiger partial charge in [0.1, 0.15) is 18.0 Å². The second-order valence-corrected chi connectivity index (χ2v) is 9.05. The molecule has 0 unspecified atom stereocenters. The molecule has 0 aliphatic carbocycles. The Morgan fingerprint density at radius 2 is 1.82 bits per heavy atom. The molecule has 0 radical (unpaired) electrons. The molecule has 3 aromatic heterocycles. The van der Waals surface area contributed by atoms with Crippen LogP contribution in [0.3, 0.4) is 0 Å². The van der Waals surface area contributed by atoms with Gasteiger partial charge >= 0.3 is 0 Å². The summed E-state index contributed by atoms with van der Waals surface area (Å²) in [6.07, 6.45) is 2.30. The van der Waals surface area contributed by atoms with Gasteiger partial charge in [0, 0.05) is 39.4 Å². The van der Waals surface area contributed by atoms with Gasteiger partial charge in [-0.25, -0.2) is 14.4 Å². The number of aromatic nitrogens is 3. The van der Waals surface area contributed by atoms with Crippen LogP contribution in [0.4, 0.5) is 10.2 Å². The van der Waals surface area contributed by atoms with E-state index in [4.69, 9.17) is 4.52 Å². The Hall–Kier alpha value is -3.78. The molecule has 2 aromatic carbocycles. The molecular weight excluding hydrogens is 439 g/mol. The van der Waals surface area contributed by atoms with Gasteiger partial charge in [0.15, 0.2) is 5.76 Å². The van der Waals surface area contributed by atoms with Crippen molar-refractivity contribution in [3.63, 3.8) is 0 Å². The van der Waals surface area contributed by atoms with Crippen molar-refractivity contribution in [1.82, 2.24) is 15.1 Å². The average Bonchev–Trinajstić information content (AvgIpc) is 3.38. The second-order valence-electron chi connectivity index (χ2n) is 7.83. The Labute approximate surface area is 193 Å². The SMILES string of the molecule is Cc1sc2c(C)cc(F)cc2c1CCNc1cc(-c2ccc(-c3cc(O)no3)cc2)ncn1. The minimum Gasteiger partial charge on any atom is -0.491 e. The van der Waals surface area contributed by atoms with Crippen LogP contribution in [0.5, 0.6) is 5.88 Å². The number of thiophene rings is 1. The fourth-order valence-corrected chi connectivity index (χ4v) is 5.09. The smallest absolute Gasteiger partial charge is 0.252 e. The van der Waals surface area contributed by atoms with Crippen molar-refractivity contribution >= 4 is 27.2 Å². The molecule has 0 amide bonds. The summed E-state index contributed by atoms with van der Waals surface area (Å²) < 4.78 is 20.2. The lowest BCUT2D eigenvalue weighted by Crippen LogP contribution is -2.07. The summed E-state index contributed by atoms with van der Waals surface area (Å²) in [7, 11) is 0. The number of nitrogens with one attached hydrogen (secondary N) is 1. The third kappa shape index (κ3) is 4.29. The first-order valence-electron chi connectivity index (χ1n) is 10.5.